The van der Waals surface area contributed by atoms with E-state index >= 15 is 0 Å². The van der Waals surface area contributed by atoms with Crippen molar-refractivity contribution < 1.29 is 19.4 Å². The molecule has 1 amide bonds. The minimum atomic E-state index is -0.822. The van der Waals surface area contributed by atoms with E-state index < -0.39 is 17.7 Å². The summed E-state index contributed by atoms with van der Waals surface area (Å²) in [5, 5.41) is 11.7. The Balaban J connectivity index is 1.91. The number of Topliss-reactive ketones (excluding diaryl/α,β-unsaturated/α-hetero) is 1. The van der Waals surface area contributed by atoms with Gasteiger partial charge in [0.15, 0.2) is 0 Å². The lowest BCUT2D eigenvalue weighted by atomic mass is 9.94. The van der Waals surface area contributed by atoms with E-state index in [1.807, 2.05) is 38.1 Å². The Hall–Kier alpha value is -3.57. The van der Waals surface area contributed by atoms with Crippen LogP contribution >= 0.6 is 11.6 Å². The summed E-state index contributed by atoms with van der Waals surface area (Å²) in [6, 6.07) is 20.4. The Labute approximate surface area is 197 Å². The number of aliphatic hydroxyl groups excluding tert-OH is 1. The Morgan fingerprint density at radius 3 is 2.33 bits per heavy atom. The van der Waals surface area contributed by atoms with E-state index in [-0.39, 0.29) is 11.3 Å². The molecule has 1 aliphatic heterocycles. The second kappa shape index (κ2) is 9.51. The normalized spacial score (nSPS) is 17.4. The third kappa shape index (κ3) is 4.37. The molecule has 0 bridgehead atoms. The highest BCUT2D eigenvalue weighted by atomic mass is 35.5. The highest BCUT2D eigenvalue weighted by Crippen LogP contribution is 2.43. The molecule has 0 aliphatic carbocycles. The molecule has 0 aromatic heterocycles. The second-order valence-electron chi connectivity index (χ2n) is 7.70. The molecule has 33 heavy (non-hydrogen) atoms. The smallest absolute Gasteiger partial charge is 0.300 e. The maximum atomic E-state index is 13.2. The number of aryl methyl sites for hydroxylation is 1. The van der Waals surface area contributed by atoms with Crippen LogP contribution in [0.15, 0.2) is 78.4 Å². The fourth-order valence-electron chi connectivity index (χ4n) is 4.01. The fraction of sp³-hybridized carbons (Fsp3) is 0.185. The van der Waals surface area contributed by atoms with Crippen molar-refractivity contribution in [2.24, 2.45) is 0 Å². The van der Waals surface area contributed by atoms with Crippen molar-refractivity contribution in [1.29, 1.82) is 0 Å². The zero-order valence-electron chi connectivity index (χ0n) is 18.4. The number of ether oxygens (including phenoxy) is 1. The van der Waals surface area contributed by atoms with Crippen LogP contribution < -0.4 is 9.64 Å². The van der Waals surface area contributed by atoms with E-state index in [2.05, 4.69) is 0 Å². The Bertz CT molecular complexity index is 1220. The lowest BCUT2D eigenvalue weighted by Crippen LogP contribution is -2.29. The van der Waals surface area contributed by atoms with Gasteiger partial charge in [-0.15, -0.1) is 0 Å². The number of nitrogens with zero attached hydrogens (tertiary/aromatic N) is 1. The van der Waals surface area contributed by atoms with Crippen molar-refractivity contribution in [3.63, 3.8) is 0 Å². The van der Waals surface area contributed by atoms with E-state index in [1.165, 1.54) is 4.90 Å². The monoisotopic (exact) mass is 461 g/mol. The molecule has 1 aliphatic rings. The van der Waals surface area contributed by atoms with E-state index in [1.54, 1.807) is 48.5 Å². The number of halogens is 1. The third-order valence-corrected chi connectivity index (χ3v) is 5.92. The quantitative estimate of drug-likeness (QED) is 0.281. The first kappa shape index (κ1) is 22.6. The van der Waals surface area contributed by atoms with Crippen LogP contribution in [0.2, 0.25) is 5.02 Å². The van der Waals surface area contributed by atoms with Crippen molar-refractivity contribution >= 4 is 34.7 Å². The standard InChI is InChI=1S/C27H24ClNO4/c1-3-17-8-10-18(11-9-17)25(30)23-24(19-6-5-7-22(16-19)33-4-2)29(27(32)26(23)31)21-14-12-20(28)13-15-21/h5-16,24,30H,3-4H2,1-2H3/b25-23-. The Morgan fingerprint density at radius 1 is 1.00 bits per heavy atom. The number of carbonyl (C=O) groups is 2. The van der Waals surface area contributed by atoms with Gasteiger partial charge in [0, 0.05) is 16.3 Å². The van der Waals surface area contributed by atoms with Gasteiger partial charge in [0.2, 0.25) is 0 Å². The summed E-state index contributed by atoms with van der Waals surface area (Å²) in [5.74, 6) is -1.05. The molecular formula is C27H24ClNO4. The first-order valence-corrected chi connectivity index (χ1v) is 11.2. The van der Waals surface area contributed by atoms with Gasteiger partial charge in [-0.2, -0.15) is 0 Å². The number of rotatable bonds is 6. The molecule has 1 heterocycles. The van der Waals surface area contributed by atoms with Gasteiger partial charge < -0.3 is 9.84 Å². The highest BCUT2D eigenvalue weighted by molar-refractivity contribution is 6.51. The molecule has 1 N–H and O–H groups in total. The number of hydrogen-bond acceptors (Lipinski definition) is 4. The van der Waals surface area contributed by atoms with E-state index in [0.29, 0.717) is 34.2 Å². The molecule has 3 aromatic rings. The summed E-state index contributed by atoms with van der Waals surface area (Å²) in [7, 11) is 0. The second-order valence-corrected chi connectivity index (χ2v) is 8.14. The summed E-state index contributed by atoms with van der Waals surface area (Å²) >= 11 is 6.04. The lowest BCUT2D eigenvalue weighted by molar-refractivity contribution is -0.132. The molecule has 4 rings (SSSR count). The van der Waals surface area contributed by atoms with Crippen LogP contribution in [0.3, 0.4) is 0 Å². The number of amides is 1. The molecule has 1 saturated heterocycles. The zero-order valence-corrected chi connectivity index (χ0v) is 19.2. The summed E-state index contributed by atoms with van der Waals surface area (Å²) in [4.78, 5) is 27.8. The lowest BCUT2D eigenvalue weighted by Gasteiger charge is -2.26. The molecule has 168 valence electrons. The summed E-state index contributed by atoms with van der Waals surface area (Å²) in [6.45, 7) is 4.40. The Morgan fingerprint density at radius 2 is 1.70 bits per heavy atom. The number of aliphatic hydroxyl groups is 1. The van der Waals surface area contributed by atoms with Crippen LogP contribution in [0.4, 0.5) is 5.69 Å². The number of ketones is 1. The van der Waals surface area contributed by atoms with Gasteiger partial charge in [0.05, 0.1) is 18.2 Å². The Kier molecular flexibility index (Phi) is 6.52. The molecule has 0 spiro atoms. The SMILES string of the molecule is CCOc1cccc(C2/C(=C(/O)c3ccc(CC)cc3)C(=O)C(=O)N2c2ccc(Cl)cc2)c1. The first-order valence-electron chi connectivity index (χ1n) is 10.8. The highest BCUT2D eigenvalue weighted by Gasteiger charge is 2.47. The van der Waals surface area contributed by atoms with Crippen molar-refractivity contribution in [3.8, 4) is 5.75 Å². The maximum absolute atomic E-state index is 13.2. The third-order valence-electron chi connectivity index (χ3n) is 5.67. The van der Waals surface area contributed by atoms with Gasteiger partial charge in [-0.3, -0.25) is 14.5 Å². The predicted molar refractivity (Wildman–Crippen MR) is 130 cm³/mol. The largest absolute Gasteiger partial charge is 0.507 e. The molecule has 1 atom stereocenters. The average Bonchev–Trinajstić information content (AvgIpc) is 3.10. The average molecular weight is 462 g/mol. The number of carbonyl (C=O) groups excluding carboxylic acids is 2. The molecule has 6 heteroatoms. The number of anilines is 1. The van der Waals surface area contributed by atoms with Gasteiger partial charge in [0.1, 0.15) is 11.5 Å². The van der Waals surface area contributed by atoms with Crippen molar-refractivity contribution in [2.75, 3.05) is 11.5 Å². The van der Waals surface area contributed by atoms with Gasteiger partial charge in [-0.1, -0.05) is 54.9 Å². The summed E-state index contributed by atoms with van der Waals surface area (Å²) in [5.41, 5.74) is 2.78. The van der Waals surface area contributed by atoms with Crippen LogP contribution in [-0.2, 0) is 16.0 Å². The molecular weight excluding hydrogens is 438 g/mol. The van der Waals surface area contributed by atoms with Crippen LogP contribution in [0.1, 0.15) is 36.6 Å². The predicted octanol–water partition coefficient (Wildman–Crippen LogP) is 5.93. The van der Waals surface area contributed by atoms with Gasteiger partial charge in [-0.05, 0) is 60.9 Å². The van der Waals surface area contributed by atoms with Crippen molar-refractivity contribution in [3.05, 3.63) is 100 Å². The topological polar surface area (TPSA) is 66.8 Å². The van der Waals surface area contributed by atoms with Crippen LogP contribution in [-0.4, -0.2) is 23.4 Å². The van der Waals surface area contributed by atoms with Gasteiger partial charge in [-0.25, -0.2) is 0 Å². The maximum Gasteiger partial charge on any atom is 0.300 e. The van der Waals surface area contributed by atoms with Gasteiger partial charge in [0.25, 0.3) is 11.7 Å². The molecule has 1 fully saturated rings. The van der Waals surface area contributed by atoms with Crippen molar-refractivity contribution in [1.82, 2.24) is 0 Å². The summed E-state index contributed by atoms with van der Waals surface area (Å²) < 4.78 is 5.64. The van der Waals surface area contributed by atoms with E-state index in [9.17, 15) is 14.7 Å². The molecule has 0 radical (unpaired) electrons. The van der Waals surface area contributed by atoms with Crippen LogP contribution in [0, 0.1) is 0 Å². The molecule has 5 nitrogen and oxygen atoms in total. The first-order chi connectivity index (χ1) is 15.9. The minimum Gasteiger partial charge on any atom is -0.507 e. The number of benzene rings is 3. The molecule has 1 unspecified atom stereocenters. The van der Waals surface area contributed by atoms with Gasteiger partial charge >= 0.3 is 0 Å². The van der Waals surface area contributed by atoms with Crippen LogP contribution in [0.25, 0.3) is 5.76 Å². The number of hydrogen-bond donors (Lipinski definition) is 1. The molecule has 3 aromatic carbocycles. The van der Waals surface area contributed by atoms with Crippen LogP contribution in [0.5, 0.6) is 5.75 Å². The van der Waals surface area contributed by atoms with E-state index in [4.69, 9.17) is 16.3 Å². The summed E-state index contributed by atoms with van der Waals surface area (Å²) in [6.07, 6.45) is 0.853. The van der Waals surface area contributed by atoms with E-state index in [0.717, 1.165) is 12.0 Å². The fourth-order valence-corrected chi connectivity index (χ4v) is 4.14. The minimum absolute atomic E-state index is 0.0350. The van der Waals surface area contributed by atoms with Crippen molar-refractivity contribution in [2.45, 2.75) is 26.3 Å². The zero-order chi connectivity index (χ0) is 23.5. The molecule has 0 saturated carbocycles.